The first-order chi connectivity index (χ1) is 13.0. The molecule has 2 unspecified atom stereocenters. The van der Waals surface area contributed by atoms with Gasteiger partial charge >= 0.3 is 5.97 Å². The molecule has 1 aromatic rings. The van der Waals surface area contributed by atoms with Gasteiger partial charge in [0.1, 0.15) is 0 Å². The Morgan fingerprint density at radius 1 is 1.41 bits per heavy atom. The third-order valence-electron chi connectivity index (χ3n) is 4.87. The summed E-state index contributed by atoms with van der Waals surface area (Å²) in [7, 11) is 3.57. The maximum Gasteiger partial charge on any atom is 0.307 e. The summed E-state index contributed by atoms with van der Waals surface area (Å²) in [6.45, 7) is 5.09. The third kappa shape index (κ3) is 6.70. The molecule has 6 nitrogen and oxygen atoms in total. The molecule has 7 heteroatoms. The predicted molar refractivity (Wildman–Crippen MR) is 110 cm³/mol. The van der Waals surface area contributed by atoms with Gasteiger partial charge in [0.2, 0.25) is 0 Å². The van der Waals surface area contributed by atoms with Crippen molar-refractivity contribution in [3.8, 4) is 0 Å². The smallest absolute Gasteiger partial charge is 0.307 e. The number of nitrogens with zero attached hydrogens (tertiary/aromatic N) is 2. The highest BCUT2D eigenvalue weighted by molar-refractivity contribution is 6.30. The second kappa shape index (κ2) is 11.1. The van der Waals surface area contributed by atoms with E-state index in [1.54, 1.807) is 0 Å². The number of nitrogens with one attached hydrogen (secondary N) is 2. The van der Waals surface area contributed by atoms with E-state index in [4.69, 9.17) is 16.6 Å². The Kier molecular flexibility index (Phi) is 8.88. The van der Waals surface area contributed by atoms with Crippen LogP contribution in [0.4, 0.5) is 0 Å². The van der Waals surface area contributed by atoms with Gasteiger partial charge in [-0.2, -0.15) is 0 Å². The lowest BCUT2D eigenvalue weighted by Gasteiger charge is -2.39. The van der Waals surface area contributed by atoms with E-state index >= 15 is 0 Å². The second-order valence-corrected chi connectivity index (χ2v) is 7.29. The first-order valence-electron chi connectivity index (χ1n) is 9.59. The quantitative estimate of drug-likeness (QED) is 0.423. The molecule has 0 spiro atoms. The number of likely N-dealkylation sites (tertiary alicyclic amines) is 1. The van der Waals surface area contributed by atoms with Gasteiger partial charge in [-0.1, -0.05) is 23.7 Å². The van der Waals surface area contributed by atoms with Crippen LogP contribution < -0.4 is 10.6 Å². The van der Waals surface area contributed by atoms with Crippen LogP contribution in [0.1, 0.15) is 37.8 Å². The number of ether oxygens (including phenoxy) is 1. The Hall–Kier alpha value is -1.79. The predicted octanol–water partition coefficient (Wildman–Crippen LogP) is 2.84. The number of benzene rings is 1. The average molecular weight is 395 g/mol. The number of hydrogen-bond acceptors (Lipinski definition) is 4. The van der Waals surface area contributed by atoms with Crippen LogP contribution in [0.15, 0.2) is 29.3 Å². The van der Waals surface area contributed by atoms with Crippen LogP contribution >= 0.6 is 11.6 Å². The SMILES string of the molecule is CCNC(=NCC1CCCN(C)C1c1cccc(Cl)c1)NCCC(=O)OC. The molecule has 1 saturated heterocycles. The van der Waals surface area contributed by atoms with E-state index < -0.39 is 0 Å². The van der Waals surface area contributed by atoms with Crippen molar-refractivity contribution in [2.75, 3.05) is 40.3 Å². The van der Waals surface area contributed by atoms with Crippen molar-refractivity contribution in [1.82, 2.24) is 15.5 Å². The number of guanidine groups is 1. The van der Waals surface area contributed by atoms with Crippen LogP contribution in [0.25, 0.3) is 0 Å². The van der Waals surface area contributed by atoms with Crippen LogP contribution in [0.3, 0.4) is 0 Å². The summed E-state index contributed by atoms with van der Waals surface area (Å²) in [5.41, 5.74) is 1.24. The van der Waals surface area contributed by atoms with E-state index in [9.17, 15) is 4.79 Å². The minimum Gasteiger partial charge on any atom is -0.469 e. The molecule has 150 valence electrons. The van der Waals surface area contributed by atoms with Crippen molar-refractivity contribution in [1.29, 1.82) is 0 Å². The molecule has 2 N–H and O–H groups in total. The molecule has 27 heavy (non-hydrogen) atoms. The van der Waals surface area contributed by atoms with Gasteiger partial charge in [0.25, 0.3) is 0 Å². The lowest BCUT2D eigenvalue weighted by molar-refractivity contribution is -0.140. The van der Waals surface area contributed by atoms with Gasteiger partial charge in [0.05, 0.1) is 13.5 Å². The number of aliphatic imine (C=N–C) groups is 1. The Morgan fingerprint density at radius 2 is 2.22 bits per heavy atom. The monoisotopic (exact) mass is 394 g/mol. The van der Waals surface area contributed by atoms with Gasteiger partial charge in [0.15, 0.2) is 5.96 Å². The van der Waals surface area contributed by atoms with Gasteiger partial charge in [-0.05, 0) is 57.0 Å². The average Bonchev–Trinajstić information content (AvgIpc) is 2.65. The molecule has 1 fully saturated rings. The van der Waals surface area contributed by atoms with E-state index in [0.29, 0.717) is 24.9 Å². The molecule has 0 radical (unpaired) electrons. The van der Waals surface area contributed by atoms with Crippen LogP contribution in [-0.2, 0) is 9.53 Å². The molecular formula is C20H31ClN4O2. The highest BCUT2D eigenvalue weighted by atomic mass is 35.5. The standard InChI is InChI=1S/C20H31ClN4O2/c1-4-22-20(23-11-10-18(26)27-3)24-14-16-8-6-12-25(2)19(16)15-7-5-9-17(21)13-15/h5,7,9,13,16,19H,4,6,8,10-12,14H2,1-3H3,(H2,22,23,24). The van der Waals surface area contributed by atoms with Gasteiger partial charge < -0.3 is 15.4 Å². The Labute approximate surface area is 167 Å². The Balaban J connectivity index is 2.05. The summed E-state index contributed by atoms with van der Waals surface area (Å²) in [5, 5.41) is 7.21. The molecule has 1 aliphatic rings. The largest absolute Gasteiger partial charge is 0.469 e. The number of carbonyl (C=O) groups excluding carboxylic acids is 1. The summed E-state index contributed by atoms with van der Waals surface area (Å²) in [6.07, 6.45) is 2.62. The third-order valence-corrected chi connectivity index (χ3v) is 5.11. The summed E-state index contributed by atoms with van der Waals surface area (Å²) >= 11 is 6.22. The molecule has 0 aliphatic carbocycles. The van der Waals surface area contributed by atoms with E-state index in [2.05, 4.69) is 39.5 Å². The molecule has 2 atom stereocenters. The fourth-order valence-electron chi connectivity index (χ4n) is 3.60. The highest BCUT2D eigenvalue weighted by Gasteiger charge is 2.30. The summed E-state index contributed by atoms with van der Waals surface area (Å²) < 4.78 is 4.68. The van der Waals surface area contributed by atoms with E-state index in [0.717, 1.165) is 37.0 Å². The zero-order chi connectivity index (χ0) is 19.6. The fraction of sp³-hybridized carbons (Fsp3) is 0.600. The summed E-state index contributed by atoms with van der Waals surface area (Å²) in [5.74, 6) is 0.922. The van der Waals surface area contributed by atoms with E-state index in [1.165, 1.54) is 19.1 Å². The fourth-order valence-corrected chi connectivity index (χ4v) is 3.80. The number of halogens is 1. The molecule has 1 aromatic carbocycles. The first kappa shape index (κ1) is 21.5. The van der Waals surface area contributed by atoms with Gasteiger partial charge in [-0.15, -0.1) is 0 Å². The van der Waals surface area contributed by atoms with Crippen LogP contribution in [0.5, 0.6) is 0 Å². The topological polar surface area (TPSA) is 66.0 Å². The zero-order valence-electron chi connectivity index (χ0n) is 16.5. The Bertz CT molecular complexity index is 638. The van der Waals surface area contributed by atoms with Crippen molar-refractivity contribution in [3.63, 3.8) is 0 Å². The molecular weight excluding hydrogens is 364 g/mol. The first-order valence-corrected chi connectivity index (χ1v) is 9.97. The number of methoxy groups -OCH3 is 1. The van der Waals surface area contributed by atoms with Crippen LogP contribution in [-0.4, -0.2) is 57.2 Å². The van der Waals surface area contributed by atoms with Crippen molar-refractivity contribution in [2.24, 2.45) is 10.9 Å². The van der Waals surface area contributed by atoms with Crippen molar-refractivity contribution in [2.45, 2.75) is 32.2 Å². The number of esters is 1. The number of rotatable bonds is 7. The van der Waals surface area contributed by atoms with Crippen molar-refractivity contribution >= 4 is 23.5 Å². The maximum absolute atomic E-state index is 11.3. The summed E-state index contributed by atoms with van der Waals surface area (Å²) in [4.78, 5) is 18.5. The lowest BCUT2D eigenvalue weighted by Crippen LogP contribution is -2.40. The van der Waals surface area contributed by atoms with Gasteiger partial charge in [0, 0.05) is 30.7 Å². The lowest BCUT2D eigenvalue weighted by atomic mass is 9.85. The van der Waals surface area contributed by atoms with Crippen LogP contribution in [0.2, 0.25) is 5.02 Å². The number of piperidine rings is 1. The highest BCUT2D eigenvalue weighted by Crippen LogP contribution is 2.36. The van der Waals surface area contributed by atoms with E-state index in [-0.39, 0.29) is 5.97 Å². The van der Waals surface area contributed by atoms with E-state index in [1.807, 2.05) is 19.1 Å². The minimum absolute atomic E-state index is 0.228. The summed E-state index contributed by atoms with van der Waals surface area (Å²) in [6, 6.07) is 8.44. The second-order valence-electron chi connectivity index (χ2n) is 6.86. The number of hydrogen-bond donors (Lipinski definition) is 2. The normalized spacial score (nSPS) is 21.0. The number of carbonyl (C=O) groups is 1. The van der Waals surface area contributed by atoms with Crippen molar-refractivity contribution < 1.29 is 9.53 Å². The zero-order valence-corrected chi connectivity index (χ0v) is 17.3. The maximum atomic E-state index is 11.3. The molecule has 0 amide bonds. The Morgan fingerprint density at radius 3 is 2.93 bits per heavy atom. The molecule has 2 rings (SSSR count). The van der Waals surface area contributed by atoms with Crippen LogP contribution in [0, 0.1) is 5.92 Å². The molecule has 1 heterocycles. The van der Waals surface area contributed by atoms with Crippen molar-refractivity contribution in [3.05, 3.63) is 34.9 Å². The molecule has 0 aromatic heterocycles. The molecule has 0 bridgehead atoms. The van der Waals surface area contributed by atoms with Gasteiger partial charge in [-0.3, -0.25) is 14.7 Å². The minimum atomic E-state index is -0.228. The molecule has 0 saturated carbocycles. The van der Waals surface area contributed by atoms with Gasteiger partial charge in [-0.25, -0.2) is 0 Å². The molecule has 1 aliphatic heterocycles.